The van der Waals surface area contributed by atoms with E-state index >= 15 is 0 Å². The Morgan fingerprint density at radius 2 is 2.05 bits per heavy atom. The molecule has 0 saturated carbocycles. The third kappa shape index (κ3) is 2.89. The first-order valence-corrected chi connectivity index (χ1v) is 7.18. The molecule has 0 aliphatic heterocycles. The largest absolute Gasteiger partial charge is 0.298 e. The van der Waals surface area contributed by atoms with E-state index in [0.29, 0.717) is 28.1 Å². The molecule has 2 aromatic rings. The van der Waals surface area contributed by atoms with E-state index in [2.05, 4.69) is 18.9 Å². The lowest BCUT2D eigenvalue weighted by atomic mass is 10.1. The first kappa shape index (κ1) is 15.1. The summed E-state index contributed by atoms with van der Waals surface area (Å²) >= 11 is 12.4. The SMILES string of the molecule is Cc1ccc(-n2nc(CC(C)C)c(C=O)c2Cl)cc1Cl. The molecule has 0 fully saturated rings. The summed E-state index contributed by atoms with van der Waals surface area (Å²) in [5, 5.41) is 5.43. The summed E-state index contributed by atoms with van der Waals surface area (Å²) in [5.41, 5.74) is 2.91. The average Bonchev–Trinajstić information content (AvgIpc) is 2.68. The van der Waals surface area contributed by atoms with Crippen LogP contribution >= 0.6 is 23.2 Å². The highest BCUT2D eigenvalue weighted by Crippen LogP contribution is 2.26. The smallest absolute Gasteiger partial charge is 0.155 e. The maximum atomic E-state index is 11.2. The lowest BCUT2D eigenvalue weighted by molar-refractivity contribution is 0.112. The third-order valence-electron chi connectivity index (χ3n) is 3.06. The lowest BCUT2D eigenvalue weighted by Crippen LogP contribution is -2.00. The molecule has 3 nitrogen and oxygen atoms in total. The minimum absolute atomic E-state index is 0.329. The van der Waals surface area contributed by atoms with E-state index < -0.39 is 0 Å². The van der Waals surface area contributed by atoms with E-state index in [-0.39, 0.29) is 0 Å². The maximum absolute atomic E-state index is 11.2. The zero-order chi connectivity index (χ0) is 14.9. The zero-order valence-corrected chi connectivity index (χ0v) is 13.2. The third-order valence-corrected chi connectivity index (χ3v) is 3.83. The van der Waals surface area contributed by atoms with Gasteiger partial charge in [0.2, 0.25) is 0 Å². The molecule has 2 rings (SSSR count). The molecule has 0 aliphatic rings. The number of aromatic nitrogens is 2. The van der Waals surface area contributed by atoms with Crippen LogP contribution in [0.1, 0.15) is 35.5 Å². The molecule has 0 atom stereocenters. The molecule has 0 spiro atoms. The van der Waals surface area contributed by atoms with Crippen LogP contribution in [0.5, 0.6) is 0 Å². The Labute approximate surface area is 128 Å². The highest BCUT2D eigenvalue weighted by atomic mass is 35.5. The van der Waals surface area contributed by atoms with Crippen LogP contribution in [-0.4, -0.2) is 16.1 Å². The van der Waals surface area contributed by atoms with Gasteiger partial charge >= 0.3 is 0 Å². The molecule has 1 heterocycles. The van der Waals surface area contributed by atoms with Gasteiger partial charge in [0.1, 0.15) is 5.15 Å². The van der Waals surface area contributed by atoms with Crippen molar-refractivity contribution in [3.63, 3.8) is 0 Å². The molecule has 20 heavy (non-hydrogen) atoms. The summed E-state index contributed by atoms with van der Waals surface area (Å²) in [6, 6.07) is 5.58. The Morgan fingerprint density at radius 1 is 1.35 bits per heavy atom. The summed E-state index contributed by atoms with van der Waals surface area (Å²) in [7, 11) is 0. The fourth-order valence-electron chi connectivity index (χ4n) is 1.99. The second kappa shape index (κ2) is 5.98. The van der Waals surface area contributed by atoms with Crippen LogP contribution in [0.3, 0.4) is 0 Å². The van der Waals surface area contributed by atoms with E-state index in [4.69, 9.17) is 23.2 Å². The molecule has 0 saturated heterocycles. The van der Waals surface area contributed by atoms with E-state index in [1.54, 1.807) is 10.7 Å². The molecule has 0 amide bonds. The van der Waals surface area contributed by atoms with Crippen LogP contribution in [0.4, 0.5) is 0 Å². The van der Waals surface area contributed by atoms with Crippen LogP contribution in [0.25, 0.3) is 5.69 Å². The highest BCUT2D eigenvalue weighted by molar-refractivity contribution is 6.32. The van der Waals surface area contributed by atoms with Crippen molar-refractivity contribution in [2.24, 2.45) is 5.92 Å². The minimum atomic E-state index is 0.329. The molecule has 0 N–H and O–H groups in total. The van der Waals surface area contributed by atoms with Crippen LogP contribution in [0.2, 0.25) is 10.2 Å². The Kier molecular flexibility index (Phi) is 4.51. The fourth-order valence-corrected chi connectivity index (χ4v) is 2.45. The van der Waals surface area contributed by atoms with Crippen molar-refractivity contribution in [1.29, 1.82) is 0 Å². The number of aryl methyl sites for hydroxylation is 1. The van der Waals surface area contributed by atoms with Crippen molar-refractivity contribution in [2.75, 3.05) is 0 Å². The van der Waals surface area contributed by atoms with Gasteiger partial charge in [-0.3, -0.25) is 4.79 Å². The first-order valence-electron chi connectivity index (χ1n) is 6.43. The minimum Gasteiger partial charge on any atom is -0.298 e. The number of aldehydes is 1. The van der Waals surface area contributed by atoms with E-state index in [0.717, 1.165) is 23.2 Å². The van der Waals surface area contributed by atoms with E-state index in [1.807, 2.05) is 19.1 Å². The quantitative estimate of drug-likeness (QED) is 0.779. The molecule has 1 aromatic carbocycles. The van der Waals surface area contributed by atoms with Crippen molar-refractivity contribution in [2.45, 2.75) is 27.2 Å². The number of rotatable bonds is 4. The molecule has 0 unspecified atom stereocenters. The summed E-state index contributed by atoms with van der Waals surface area (Å²) in [6.45, 7) is 6.08. The van der Waals surface area contributed by atoms with Gasteiger partial charge in [-0.2, -0.15) is 5.10 Å². The molecule has 5 heteroatoms. The number of nitrogens with zero attached hydrogens (tertiary/aromatic N) is 2. The number of hydrogen-bond acceptors (Lipinski definition) is 2. The monoisotopic (exact) mass is 310 g/mol. The fraction of sp³-hybridized carbons (Fsp3) is 0.333. The van der Waals surface area contributed by atoms with Gasteiger partial charge < -0.3 is 0 Å². The molecular weight excluding hydrogens is 295 g/mol. The van der Waals surface area contributed by atoms with Crippen LogP contribution in [0, 0.1) is 12.8 Å². The molecular formula is C15H16Cl2N2O. The number of benzene rings is 1. The lowest BCUT2D eigenvalue weighted by Gasteiger charge is -2.05. The number of hydrogen-bond donors (Lipinski definition) is 0. The predicted octanol–water partition coefficient (Wildman–Crippen LogP) is 4.50. The van der Waals surface area contributed by atoms with Gasteiger partial charge in [-0.1, -0.05) is 43.1 Å². The Morgan fingerprint density at radius 3 is 2.60 bits per heavy atom. The van der Waals surface area contributed by atoms with Gasteiger partial charge in [-0.05, 0) is 37.0 Å². The predicted molar refractivity (Wildman–Crippen MR) is 82.3 cm³/mol. The molecule has 1 aromatic heterocycles. The maximum Gasteiger partial charge on any atom is 0.155 e. The average molecular weight is 311 g/mol. The van der Waals surface area contributed by atoms with Crippen LogP contribution in [-0.2, 0) is 6.42 Å². The van der Waals surface area contributed by atoms with Crippen molar-refractivity contribution < 1.29 is 4.79 Å². The van der Waals surface area contributed by atoms with Crippen LogP contribution < -0.4 is 0 Å². The normalized spacial score (nSPS) is 11.1. The summed E-state index contributed by atoms with van der Waals surface area (Å²) < 4.78 is 1.56. The van der Waals surface area contributed by atoms with Gasteiger partial charge in [0.15, 0.2) is 6.29 Å². The number of halogens is 2. The number of carbonyl (C=O) groups excluding carboxylic acids is 1. The molecule has 0 aliphatic carbocycles. The van der Waals surface area contributed by atoms with Gasteiger partial charge in [0.05, 0.1) is 16.9 Å². The van der Waals surface area contributed by atoms with Crippen molar-refractivity contribution in [1.82, 2.24) is 9.78 Å². The summed E-state index contributed by atoms with van der Waals surface area (Å²) in [6.07, 6.45) is 1.47. The Hall–Kier alpha value is -1.32. The zero-order valence-electron chi connectivity index (χ0n) is 11.7. The second-order valence-corrected chi connectivity index (χ2v) is 5.98. The van der Waals surface area contributed by atoms with Crippen LogP contribution in [0.15, 0.2) is 18.2 Å². The van der Waals surface area contributed by atoms with Gasteiger partial charge in [0.25, 0.3) is 0 Å². The van der Waals surface area contributed by atoms with Gasteiger partial charge in [-0.15, -0.1) is 0 Å². The van der Waals surface area contributed by atoms with Gasteiger partial charge in [0, 0.05) is 5.02 Å². The molecule has 0 radical (unpaired) electrons. The highest BCUT2D eigenvalue weighted by Gasteiger charge is 2.18. The van der Waals surface area contributed by atoms with Crippen molar-refractivity contribution >= 4 is 29.5 Å². The Balaban J connectivity index is 2.54. The van der Waals surface area contributed by atoms with Gasteiger partial charge in [-0.25, -0.2) is 4.68 Å². The van der Waals surface area contributed by atoms with E-state index in [9.17, 15) is 4.79 Å². The van der Waals surface area contributed by atoms with E-state index in [1.165, 1.54) is 0 Å². The molecule has 0 bridgehead atoms. The standard InChI is InChI=1S/C15H16Cl2N2O/c1-9(2)6-14-12(8-20)15(17)19(18-14)11-5-4-10(3)13(16)7-11/h4-5,7-9H,6H2,1-3H3. The second-order valence-electron chi connectivity index (χ2n) is 5.21. The number of carbonyl (C=O) groups is 1. The topological polar surface area (TPSA) is 34.9 Å². The van der Waals surface area contributed by atoms with Crippen molar-refractivity contribution in [3.05, 3.63) is 45.2 Å². The molecule has 106 valence electrons. The summed E-state index contributed by atoms with van der Waals surface area (Å²) in [4.78, 5) is 11.2. The Bertz CT molecular complexity index is 648. The summed E-state index contributed by atoms with van der Waals surface area (Å²) in [5.74, 6) is 0.398. The first-order chi connectivity index (χ1) is 9.43. The van der Waals surface area contributed by atoms with Crippen molar-refractivity contribution in [3.8, 4) is 5.69 Å².